The number of nitrogens with zero attached hydrogens (tertiary/aromatic N) is 1. The molecule has 5 rings (SSSR count). The van der Waals surface area contributed by atoms with Gasteiger partial charge in [-0.1, -0.05) is 0 Å². The number of carbonyl (C=O) groups excluding carboxylic acids is 5. The summed E-state index contributed by atoms with van der Waals surface area (Å²) in [5.41, 5.74) is 3.73. The highest BCUT2D eigenvalue weighted by atomic mass is 16.5. The van der Waals surface area contributed by atoms with Gasteiger partial charge in [-0.3, -0.25) is 34.6 Å². The maximum absolute atomic E-state index is 14.1. The lowest BCUT2D eigenvalue weighted by Gasteiger charge is -2.63. The van der Waals surface area contributed by atoms with E-state index in [1.807, 2.05) is 0 Å². The molecule has 0 bridgehead atoms. The quantitative estimate of drug-likeness (QED) is 0.172. The minimum absolute atomic E-state index is 0.0536. The van der Waals surface area contributed by atoms with Crippen LogP contribution in [0, 0.1) is 23.2 Å². The first-order valence-corrected chi connectivity index (χ1v) is 11.5. The number of likely N-dealkylation sites (tertiary alicyclic amines) is 1. The average Bonchev–Trinajstić information content (AvgIpc) is 3.13. The van der Waals surface area contributed by atoms with Crippen molar-refractivity contribution in [3.05, 3.63) is 22.8 Å². The van der Waals surface area contributed by atoms with Crippen LogP contribution in [0.1, 0.15) is 39.1 Å². The molecule has 1 amide bonds. The van der Waals surface area contributed by atoms with Crippen LogP contribution in [0.5, 0.6) is 11.5 Å². The molecule has 0 aromatic heterocycles. The van der Waals surface area contributed by atoms with Crippen LogP contribution in [0.2, 0.25) is 0 Å². The van der Waals surface area contributed by atoms with Crippen LogP contribution in [0.15, 0.2) is 6.07 Å². The number of phenols is 1. The molecule has 1 aromatic rings. The predicted octanol–water partition coefficient (Wildman–Crippen LogP) is -2.09. The highest BCUT2D eigenvalue weighted by molar-refractivity contribution is 6.19. The number of Topliss-reactive ketones (excluding diaryl/α,β-unsaturated/α-hetero) is 3. The lowest BCUT2D eigenvalue weighted by molar-refractivity contribution is -0.258. The maximum atomic E-state index is 14.1. The number of carbonyl (C=O) groups is 5. The number of fused-ring (bicyclic) bond motifs is 2. The number of hydrogen-bond donors (Lipinski definition) is 5. The monoisotopic (exact) mass is 501 g/mol. The largest absolute Gasteiger partial charge is 0.506 e. The standard InChI is InChI=1S/C24H27N3O9/c1-27-4-3-22-7-9-5-11-12(36-2)6-10(8-28)16(29)14(11)17(30)13(9)20(32)23(22,34)24(26,35)15(21(25)33)18(31)19(22)27/h6,8-9,13,15,19,29,34-35H,3-5,7,26H2,1-2H3,(H2,25,33). The third-order valence-corrected chi connectivity index (χ3v) is 8.93. The number of aliphatic hydroxyl groups is 2. The Balaban J connectivity index is 1.75. The number of ketones is 3. The van der Waals surface area contributed by atoms with E-state index < -0.39 is 69.5 Å². The molecule has 3 fully saturated rings. The Morgan fingerprint density at radius 3 is 2.53 bits per heavy atom. The Morgan fingerprint density at radius 2 is 1.94 bits per heavy atom. The second-order valence-electron chi connectivity index (χ2n) is 10.4. The summed E-state index contributed by atoms with van der Waals surface area (Å²) in [6, 6.07) is 0.137. The SMILES string of the molecule is COc1cc(C=O)c(O)c2c1CC1CC34CCN(C)C3C(=O)C(C(N)=O)C(N)(O)C4(O)C(=O)C1C2=O. The zero-order chi connectivity index (χ0) is 26.5. The van der Waals surface area contributed by atoms with E-state index in [2.05, 4.69) is 0 Å². The Morgan fingerprint density at radius 1 is 1.28 bits per heavy atom. The van der Waals surface area contributed by atoms with Gasteiger partial charge in [0.2, 0.25) is 5.91 Å². The van der Waals surface area contributed by atoms with Crippen LogP contribution < -0.4 is 16.2 Å². The Bertz CT molecular complexity index is 1260. The van der Waals surface area contributed by atoms with Crippen LogP contribution in [0.3, 0.4) is 0 Å². The Hall–Kier alpha value is -3.19. The van der Waals surface area contributed by atoms with Crippen LogP contribution in [0.25, 0.3) is 0 Å². The van der Waals surface area contributed by atoms with E-state index in [0.717, 1.165) is 0 Å². The van der Waals surface area contributed by atoms with Gasteiger partial charge in [-0.05, 0) is 44.8 Å². The third-order valence-electron chi connectivity index (χ3n) is 8.93. The van der Waals surface area contributed by atoms with Gasteiger partial charge in [-0.15, -0.1) is 0 Å². The summed E-state index contributed by atoms with van der Waals surface area (Å²) < 4.78 is 5.35. The summed E-state index contributed by atoms with van der Waals surface area (Å²) in [4.78, 5) is 66.6. The van der Waals surface area contributed by atoms with Gasteiger partial charge < -0.3 is 25.8 Å². The summed E-state index contributed by atoms with van der Waals surface area (Å²) >= 11 is 0. The summed E-state index contributed by atoms with van der Waals surface area (Å²) in [5, 5.41) is 34.1. The maximum Gasteiger partial charge on any atom is 0.232 e. The molecular formula is C24H27N3O9. The first-order chi connectivity index (χ1) is 16.8. The lowest BCUT2D eigenvalue weighted by Crippen LogP contribution is -2.86. The van der Waals surface area contributed by atoms with Crippen LogP contribution in [-0.4, -0.2) is 87.8 Å². The molecular weight excluding hydrogens is 474 g/mol. The number of primary amides is 1. The summed E-state index contributed by atoms with van der Waals surface area (Å²) in [7, 11) is 2.93. The molecule has 1 aliphatic heterocycles. The van der Waals surface area contributed by atoms with Crippen molar-refractivity contribution >= 4 is 29.5 Å². The molecule has 36 heavy (non-hydrogen) atoms. The minimum Gasteiger partial charge on any atom is -0.506 e. The van der Waals surface area contributed by atoms with Crippen molar-refractivity contribution < 1.29 is 44.0 Å². The number of benzene rings is 1. The van der Waals surface area contributed by atoms with E-state index in [-0.39, 0.29) is 42.7 Å². The molecule has 7 N–H and O–H groups in total. The van der Waals surface area contributed by atoms with Crippen molar-refractivity contribution in [3.8, 4) is 11.5 Å². The summed E-state index contributed by atoms with van der Waals surface area (Å²) in [6.07, 6.45) is 0.419. The van der Waals surface area contributed by atoms with Crippen LogP contribution in [-0.2, 0) is 20.8 Å². The van der Waals surface area contributed by atoms with E-state index in [4.69, 9.17) is 16.2 Å². The van der Waals surface area contributed by atoms with Crippen molar-refractivity contribution in [2.45, 2.75) is 36.6 Å². The number of ether oxygens (including phenoxy) is 1. The van der Waals surface area contributed by atoms with E-state index in [0.29, 0.717) is 11.8 Å². The molecule has 4 aliphatic rings. The fraction of sp³-hybridized carbons (Fsp3) is 0.542. The topological polar surface area (TPSA) is 211 Å². The zero-order valence-electron chi connectivity index (χ0n) is 19.7. The van der Waals surface area contributed by atoms with Gasteiger partial charge in [0.15, 0.2) is 35.0 Å². The predicted molar refractivity (Wildman–Crippen MR) is 120 cm³/mol. The van der Waals surface area contributed by atoms with Gasteiger partial charge in [0.25, 0.3) is 0 Å². The first kappa shape index (κ1) is 24.5. The number of nitrogens with two attached hydrogens (primary N) is 2. The number of amides is 1. The molecule has 1 aromatic carbocycles. The Kier molecular flexibility index (Phi) is 5.05. The molecule has 1 saturated heterocycles. The molecule has 7 atom stereocenters. The number of hydrogen-bond acceptors (Lipinski definition) is 11. The van der Waals surface area contributed by atoms with Crippen molar-refractivity contribution in [3.63, 3.8) is 0 Å². The highest BCUT2D eigenvalue weighted by Crippen LogP contribution is 2.64. The second-order valence-corrected chi connectivity index (χ2v) is 10.4. The normalized spacial score (nSPS) is 39.6. The lowest BCUT2D eigenvalue weighted by atomic mass is 9.43. The van der Waals surface area contributed by atoms with Gasteiger partial charge in [-0.25, -0.2) is 0 Å². The van der Waals surface area contributed by atoms with Crippen molar-refractivity contribution in [2.24, 2.45) is 34.6 Å². The molecule has 2 saturated carbocycles. The zero-order valence-corrected chi connectivity index (χ0v) is 19.7. The van der Waals surface area contributed by atoms with Gasteiger partial charge in [0, 0.05) is 11.0 Å². The first-order valence-electron chi connectivity index (χ1n) is 11.5. The highest BCUT2D eigenvalue weighted by Gasteiger charge is 2.81. The molecule has 12 nitrogen and oxygen atoms in total. The van der Waals surface area contributed by atoms with Crippen LogP contribution in [0.4, 0.5) is 0 Å². The number of likely N-dealkylation sites (N-methyl/N-ethyl adjacent to an activating group) is 1. The number of phenolic OH excluding ortho intramolecular Hbond substituents is 1. The molecule has 12 heteroatoms. The van der Waals surface area contributed by atoms with E-state index in [1.54, 1.807) is 11.9 Å². The van der Waals surface area contributed by atoms with E-state index in [9.17, 15) is 39.3 Å². The van der Waals surface area contributed by atoms with Gasteiger partial charge in [0.05, 0.1) is 30.2 Å². The number of aromatic hydroxyl groups is 1. The average molecular weight is 501 g/mol. The summed E-state index contributed by atoms with van der Waals surface area (Å²) in [5.74, 6) is -8.97. The third kappa shape index (κ3) is 2.54. The van der Waals surface area contributed by atoms with Gasteiger partial charge in [-0.2, -0.15) is 0 Å². The van der Waals surface area contributed by atoms with Gasteiger partial charge >= 0.3 is 0 Å². The Labute approximate surface area is 205 Å². The van der Waals surface area contributed by atoms with Crippen molar-refractivity contribution in [1.29, 1.82) is 0 Å². The molecule has 0 radical (unpaired) electrons. The van der Waals surface area contributed by atoms with E-state index >= 15 is 0 Å². The molecule has 7 unspecified atom stereocenters. The number of rotatable bonds is 3. The van der Waals surface area contributed by atoms with Crippen molar-refractivity contribution in [1.82, 2.24) is 4.90 Å². The smallest absolute Gasteiger partial charge is 0.232 e. The van der Waals surface area contributed by atoms with Crippen LogP contribution >= 0.6 is 0 Å². The van der Waals surface area contributed by atoms with Crippen molar-refractivity contribution in [2.75, 3.05) is 20.7 Å². The van der Waals surface area contributed by atoms with E-state index in [1.165, 1.54) is 13.2 Å². The molecule has 1 heterocycles. The number of aldehydes is 1. The summed E-state index contributed by atoms with van der Waals surface area (Å²) in [6.45, 7) is 0.252. The molecule has 3 aliphatic carbocycles. The number of methoxy groups -OCH3 is 1. The molecule has 192 valence electrons. The fourth-order valence-electron chi connectivity index (χ4n) is 7.49. The second kappa shape index (κ2) is 7.42. The minimum atomic E-state index is -3.08. The fourth-order valence-corrected chi connectivity index (χ4v) is 7.49. The van der Waals surface area contributed by atoms with Gasteiger partial charge in [0.1, 0.15) is 17.4 Å². The molecule has 1 spiro atoms.